The number of carbonyl (C=O) groups excluding carboxylic acids is 1. The molecule has 0 radical (unpaired) electrons. The highest BCUT2D eigenvalue weighted by Gasteiger charge is 2.29. The molecule has 0 saturated heterocycles. The van der Waals surface area contributed by atoms with Gasteiger partial charge in [-0.05, 0) is 30.5 Å². The largest absolute Gasteiger partial charge is 0.481 e. The van der Waals surface area contributed by atoms with Gasteiger partial charge in [0.1, 0.15) is 0 Å². The van der Waals surface area contributed by atoms with Crippen LogP contribution in [0.2, 0.25) is 5.02 Å². The van der Waals surface area contributed by atoms with Crippen LogP contribution in [0, 0.1) is 5.92 Å². The van der Waals surface area contributed by atoms with Crippen molar-refractivity contribution in [2.75, 3.05) is 0 Å². The van der Waals surface area contributed by atoms with Crippen molar-refractivity contribution in [3.8, 4) is 0 Å². The molecular formula is C17H22ClNO3. The van der Waals surface area contributed by atoms with Gasteiger partial charge >= 0.3 is 5.97 Å². The molecule has 1 aromatic carbocycles. The van der Waals surface area contributed by atoms with Crippen molar-refractivity contribution >= 4 is 23.5 Å². The van der Waals surface area contributed by atoms with E-state index in [0.29, 0.717) is 11.4 Å². The molecule has 0 bridgehead atoms. The average molecular weight is 324 g/mol. The van der Waals surface area contributed by atoms with Gasteiger partial charge < -0.3 is 10.4 Å². The Morgan fingerprint density at radius 3 is 2.59 bits per heavy atom. The van der Waals surface area contributed by atoms with Gasteiger partial charge in [0.2, 0.25) is 5.91 Å². The quantitative estimate of drug-likeness (QED) is 0.892. The summed E-state index contributed by atoms with van der Waals surface area (Å²) in [6.07, 6.45) is 5.66. The zero-order valence-electron chi connectivity index (χ0n) is 12.6. The van der Waals surface area contributed by atoms with E-state index < -0.39 is 11.9 Å². The molecule has 1 amide bonds. The Hall–Kier alpha value is -1.55. The number of nitrogens with one attached hydrogen (secondary N) is 1. The standard InChI is InChI=1S/C17H22ClNO3/c18-13-7-5-6-12(10-13)11-16(20)19-15-9-4-2-1-3-8-14(15)17(21)22/h5-7,10,14-15H,1-4,8-9,11H2,(H,19,20)(H,21,22). The van der Waals surface area contributed by atoms with Gasteiger partial charge in [0.05, 0.1) is 12.3 Å². The Bertz CT molecular complexity index is 532. The van der Waals surface area contributed by atoms with E-state index in [1.165, 1.54) is 0 Å². The summed E-state index contributed by atoms with van der Waals surface area (Å²) in [5, 5.41) is 12.9. The third-order valence-corrected chi connectivity index (χ3v) is 4.42. The first kappa shape index (κ1) is 16.8. The molecule has 0 aromatic heterocycles. The number of carboxylic acid groups (broad SMARTS) is 1. The predicted octanol–water partition coefficient (Wildman–Crippen LogP) is 3.42. The maximum absolute atomic E-state index is 12.2. The zero-order valence-corrected chi connectivity index (χ0v) is 13.3. The second-order valence-corrected chi connectivity index (χ2v) is 6.35. The van der Waals surface area contributed by atoms with Gasteiger partial charge in [-0.3, -0.25) is 9.59 Å². The molecule has 4 nitrogen and oxygen atoms in total. The van der Waals surface area contributed by atoms with Crippen LogP contribution in [0.5, 0.6) is 0 Å². The van der Waals surface area contributed by atoms with Crippen molar-refractivity contribution in [3.05, 3.63) is 34.9 Å². The summed E-state index contributed by atoms with van der Waals surface area (Å²) in [4.78, 5) is 23.7. The smallest absolute Gasteiger partial charge is 0.308 e. The SMILES string of the molecule is O=C(Cc1cccc(Cl)c1)NC1CCCCCCC1C(=O)O. The summed E-state index contributed by atoms with van der Waals surface area (Å²) in [7, 11) is 0. The van der Waals surface area contributed by atoms with Gasteiger partial charge in [0.25, 0.3) is 0 Å². The lowest BCUT2D eigenvalue weighted by Gasteiger charge is -2.27. The molecule has 2 atom stereocenters. The molecule has 1 fully saturated rings. The van der Waals surface area contributed by atoms with Gasteiger partial charge in [-0.2, -0.15) is 0 Å². The Kier molecular flexibility index (Phi) is 6.25. The van der Waals surface area contributed by atoms with E-state index in [-0.39, 0.29) is 18.4 Å². The van der Waals surface area contributed by atoms with Crippen LogP contribution in [0.25, 0.3) is 0 Å². The highest BCUT2D eigenvalue weighted by molar-refractivity contribution is 6.30. The maximum atomic E-state index is 12.2. The van der Waals surface area contributed by atoms with E-state index in [4.69, 9.17) is 11.6 Å². The van der Waals surface area contributed by atoms with Gasteiger partial charge in [0.15, 0.2) is 0 Å². The third-order valence-electron chi connectivity index (χ3n) is 4.18. The minimum absolute atomic E-state index is 0.140. The van der Waals surface area contributed by atoms with Crippen LogP contribution in [0.4, 0.5) is 0 Å². The molecule has 1 aliphatic rings. The van der Waals surface area contributed by atoms with Crippen LogP contribution in [-0.4, -0.2) is 23.0 Å². The lowest BCUT2D eigenvalue weighted by Crippen LogP contribution is -2.44. The second kappa shape index (κ2) is 8.18. The molecule has 0 aliphatic heterocycles. The Labute approximate surface area is 135 Å². The number of amides is 1. The van der Waals surface area contributed by atoms with Crippen molar-refractivity contribution in [3.63, 3.8) is 0 Å². The summed E-state index contributed by atoms with van der Waals surface area (Å²) < 4.78 is 0. The lowest BCUT2D eigenvalue weighted by molar-refractivity contribution is -0.143. The van der Waals surface area contributed by atoms with Gasteiger partial charge in [0, 0.05) is 11.1 Å². The normalized spacial score (nSPS) is 22.4. The van der Waals surface area contributed by atoms with E-state index in [1.54, 1.807) is 18.2 Å². The molecule has 22 heavy (non-hydrogen) atoms. The zero-order chi connectivity index (χ0) is 15.9. The maximum Gasteiger partial charge on any atom is 0.308 e. The molecule has 0 heterocycles. The first-order valence-electron chi connectivity index (χ1n) is 7.83. The highest BCUT2D eigenvalue weighted by atomic mass is 35.5. The fourth-order valence-corrected chi connectivity index (χ4v) is 3.26. The number of aliphatic carboxylic acids is 1. The van der Waals surface area contributed by atoms with Crippen LogP contribution in [-0.2, 0) is 16.0 Å². The number of hydrogen-bond donors (Lipinski definition) is 2. The predicted molar refractivity (Wildman–Crippen MR) is 85.9 cm³/mol. The fraction of sp³-hybridized carbons (Fsp3) is 0.529. The lowest BCUT2D eigenvalue weighted by atomic mass is 9.86. The summed E-state index contributed by atoms with van der Waals surface area (Å²) in [6, 6.07) is 6.90. The number of carboxylic acids is 1. The van der Waals surface area contributed by atoms with Gasteiger partial charge in [-0.1, -0.05) is 49.4 Å². The number of hydrogen-bond acceptors (Lipinski definition) is 2. The van der Waals surface area contributed by atoms with E-state index in [1.807, 2.05) is 6.07 Å². The molecule has 2 N–H and O–H groups in total. The number of rotatable bonds is 4. The third kappa shape index (κ3) is 5.02. The van der Waals surface area contributed by atoms with Crippen molar-refractivity contribution < 1.29 is 14.7 Å². The van der Waals surface area contributed by atoms with E-state index >= 15 is 0 Å². The Morgan fingerprint density at radius 2 is 1.91 bits per heavy atom. The van der Waals surface area contributed by atoms with E-state index in [2.05, 4.69) is 5.32 Å². The topological polar surface area (TPSA) is 66.4 Å². The van der Waals surface area contributed by atoms with E-state index in [0.717, 1.165) is 37.7 Å². The molecule has 0 spiro atoms. The minimum Gasteiger partial charge on any atom is -0.481 e. The minimum atomic E-state index is -0.810. The van der Waals surface area contributed by atoms with Crippen LogP contribution in [0.3, 0.4) is 0 Å². The molecule has 5 heteroatoms. The van der Waals surface area contributed by atoms with Gasteiger partial charge in [-0.25, -0.2) is 0 Å². The summed E-state index contributed by atoms with van der Waals surface area (Å²) in [6.45, 7) is 0. The summed E-state index contributed by atoms with van der Waals surface area (Å²) in [5.41, 5.74) is 0.836. The fourth-order valence-electron chi connectivity index (χ4n) is 3.04. The Morgan fingerprint density at radius 1 is 1.18 bits per heavy atom. The van der Waals surface area contributed by atoms with Gasteiger partial charge in [-0.15, -0.1) is 0 Å². The van der Waals surface area contributed by atoms with Crippen molar-refractivity contribution in [2.24, 2.45) is 5.92 Å². The summed E-state index contributed by atoms with van der Waals surface area (Å²) in [5.74, 6) is -1.43. The Balaban J connectivity index is 1.98. The number of halogens is 1. The van der Waals surface area contributed by atoms with Crippen molar-refractivity contribution in [1.29, 1.82) is 0 Å². The van der Waals surface area contributed by atoms with Crippen LogP contribution >= 0.6 is 11.6 Å². The number of carbonyl (C=O) groups is 2. The monoisotopic (exact) mass is 323 g/mol. The molecule has 2 rings (SSSR count). The molecule has 2 unspecified atom stereocenters. The van der Waals surface area contributed by atoms with Crippen molar-refractivity contribution in [2.45, 2.75) is 51.0 Å². The number of benzene rings is 1. The van der Waals surface area contributed by atoms with Crippen LogP contribution in [0.15, 0.2) is 24.3 Å². The molecule has 1 aromatic rings. The molecule has 1 aliphatic carbocycles. The molecule has 1 saturated carbocycles. The van der Waals surface area contributed by atoms with Crippen LogP contribution in [0.1, 0.15) is 44.1 Å². The van der Waals surface area contributed by atoms with E-state index in [9.17, 15) is 14.7 Å². The second-order valence-electron chi connectivity index (χ2n) is 5.92. The molecular weight excluding hydrogens is 302 g/mol. The first-order chi connectivity index (χ1) is 10.6. The average Bonchev–Trinajstić information content (AvgIpc) is 2.41. The first-order valence-corrected chi connectivity index (χ1v) is 8.20. The van der Waals surface area contributed by atoms with Crippen LogP contribution < -0.4 is 5.32 Å². The van der Waals surface area contributed by atoms with Crippen molar-refractivity contribution in [1.82, 2.24) is 5.32 Å². The summed E-state index contributed by atoms with van der Waals surface area (Å²) >= 11 is 5.92. The highest BCUT2D eigenvalue weighted by Crippen LogP contribution is 2.23. The molecule has 120 valence electrons.